The van der Waals surface area contributed by atoms with Gasteiger partial charge in [0.2, 0.25) is 0 Å². The molecule has 1 N–H and O–H groups in total. The lowest BCUT2D eigenvalue weighted by molar-refractivity contribution is -0.137. The minimum absolute atomic E-state index is 0.0476. The third-order valence-corrected chi connectivity index (χ3v) is 6.47. The van der Waals surface area contributed by atoms with Crippen molar-refractivity contribution in [3.8, 4) is 0 Å². The van der Waals surface area contributed by atoms with Crippen LogP contribution in [0, 0.1) is 6.92 Å². The van der Waals surface area contributed by atoms with Crippen LogP contribution in [0.2, 0.25) is 0 Å². The van der Waals surface area contributed by atoms with E-state index in [-0.39, 0.29) is 12.1 Å². The van der Waals surface area contributed by atoms with Crippen molar-refractivity contribution in [2.75, 3.05) is 5.75 Å². The van der Waals surface area contributed by atoms with Gasteiger partial charge in [0, 0.05) is 36.1 Å². The van der Waals surface area contributed by atoms with Gasteiger partial charge in [-0.1, -0.05) is 24.3 Å². The average molecular weight is 382 g/mol. The molecule has 0 fully saturated rings. The van der Waals surface area contributed by atoms with Crippen LogP contribution in [-0.4, -0.2) is 26.0 Å². The predicted octanol–water partition coefficient (Wildman–Crippen LogP) is 3.87. The fourth-order valence-electron chi connectivity index (χ4n) is 3.99. The first-order valence-electron chi connectivity index (χ1n) is 9.18. The van der Waals surface area contributed by atoms with Gasteiger partial charge in [-0.3, -0.25) is 13.9 Å². The summed E-state index contributed by atoms with van der Waals surface area (Å²) in [5.41, 5.74) is 4.39. The number of aromatic nitrogens is 2. The minimum atomic E-state index is -0.832. The number of aliphatic carboxylic acids is 1. The highest BCUT2D eigenvalue weighted by atomic mass is 32.2. The molecule has 6 heteroatoms. The van der Waals surface area contributed by atoms with Crippen LogP contribution in [0.1, 0.15) is 29.9 Å². The first-order chi connectivity index (χ1) is 13.1. The average Bonchev–Trinajstić information content (AvgIpc) is 3.17. The molecule has 3 aromatic rings. The molecule has 0 saturated heterocycles. The van der Waals surface area contributed by atoms with Gasteiger partial charge in [0.25, 0.3) is 0 Å². The summed E-state index contributed by atoms with van der Waals surface area (Å²) in [6, 6.07) is 14.2. The molecule has 1 unspecified atom stereocenters. The second-order valence-electron chi connectivity index (χ2n) is 7.03. The van der Waals surface area contributed by atoms with E-state index in [9.17, 15) is 9.59 Å². The number of carbonyl (C=O) groups is 1. The number of hydrogen-bond acceptors (Lipinski definition) is 3. The van der Waals surface area contributed by atoms with E-state index in [0.29, 0.717) is 25.4 Å². The first-order valence-corrected chi connectivity index (χ1v) is 10.2. The van der Waals surface area contributed by atoms with Crippen LogP contribution in [0.4, 0.5) is 0 Å². The molecule has 27 heavy (non-hydrogen) atoms. The summed E-state index contributed by atoms with van der Waals surface area (Å²) in [6.07, 6.45) is 0.516. The van der Waals surface area contributed by atoms with Crippen molar-refractivity contribution in [1.29, 1.82) is 0 Å². The Morgan fingerprint density at radius 3 is 2.63 bits per heavy atom. The molecular weight excluding hydrogens is 360 g/mol. The molecule has 1 aliphatic heterocycles. The Morgan fingerprint density at radius 1 is 1.15 bits per heavy atom. The van der Waals surface area contributed by atoms with E-state index >= 15 is 0 Å². The van der Waals surface area contributed by atoms with Gasteiger partial charge in [-0.2, -0.15) is 0 Å². The zero-order valence-electron chi connectivity index (χ0n) is 15.2. The van der Waals surface area contributed by atoms with Crippen molar-refractivity contribution in [2.24, 2.45) is 0 Å². The highest BCUT2D eigenvalue weighted by Crippen LogP contribution is 2.42. The first kappa shape index (κ1) is 17.9. The van der Waals surface area contributed by atoms with Gasteiger partial charge >= 0.3 is 11.7 Å². The summed E-state index contributed by atoms with van der Waals surface area (Å²) < 4.78 is 3.59. The third kappa shape index (κ3) is 3.30. The fourth-order valence-corrected chi connectivity index (χ4v) is 5.30. The van der Waals surface area contributed by atoms with E-state index in [2.05, 4.69) is 25.1 Å². The Bertz CT molecular complexity index is 1070. The highest BCUT2D eigenvalue weighted by Gasteiger charge is 2.26. The van der Waals surface area contributed by atoms with Gasteiger partial charge in [0.05, 0.1) is 11.0 Å². The van der Waals surface area contributed by atoms with Gasteiger partial charge < -0.3 is 5.11 Å². The van der Waals surface area contributed by atoms with Crippen LogP contribution in [-0.2, 0) is 17.9 Å². The van der Waals surface area contributed by atoms with Crippen molar-refractivity contribution < 1.29 is 9.90 Å². The normalized spacial score (nSPS) is 16.0. The maximum Gasteiger partial charge on any atom is 0.329 e. The van der Waals surface area contributed by atoms with Gasteiger partial charge in [-0.15, -0.1) is 11.8 Å². The Morgan fingerprint density at radius 2 is 1.89 bits per heavy atom. The molecule has 2 heterocycles. The molecule has 1 aliphatic rings. The lowest BCUT2D eigenvalue weighted by Gasteiger charge is -2.14. The minimum Gasteiger partial charge on any atom is -0.481 e. The Hall–Kier alpha value is -2.47. The molecule has 0 radical (unpaired) electrons. The van der Waals surface area contributed by atoms with Crippen LogP contribution < -0.4 is 5.69 Å². The molecular formula is C21H22N2O3S. The van der Waals surface area contributed by atoms with E-state index in [0.717, 1.165) is 16.8 Å². The van der Waals surface area contributed by atoms with Gasteiger partial charge in [0.15, 0.2) is 0 Å². The molecule has 0 saturated carbocycles. The van der Waals surface area contributed by atoms with Gasteiger partial charge in [-0.25, -0.2) is 4.79 Å². The summed E-state index contributed by atoms with van der Waals surface area (Å²) in [7, 11) is 0. The van der Waals surface area contributed by atoms with Gasteiger partial charge in [0.1, 0.15) is 0 Å². The SMILES string of the molecule is Cc1cccc2c1C(Cn1c(=O)n(CCCC(=O)O)c3ccccc31)CS2. The van der Waals surface area contributed by atoms with E-state index < -0.39 is 5.97 Å². The number of thioether (sulfide) groups is 1. The molecule has 140 valence electrons. The lowest BCUT2D eigenvalue weighted by Crippen LogP contribution is -2.27. The van der Waals surface area contributed by atoms with Crippen molar-refractivity contribution in [3.63, 3.8) is 0 Å². The number of fused-ring (bicyclic) bond motifs is 2. The molecule has 4 rings (SSSR count). The van der Waals surface area contributed by atoms with Crippen LogP contribution in [0.15, 0.2) is 52.2 Å². The second kappa shape index (κ2) is 7.27. The number of imidazole rings is 1. The van der Waals surface area contributed by atoms with Crippen LogP contribution in [0.5, 0.6) is 0 Å². The lowest BCUT2D eigenvalue weighted by atomic mass is 9.96. The molecule has 1 atom stereocenters. The standard InChI is InChI=1S/C21H22N2O3S/c1-14-6-4-9-18-20(14)15(13-27-18)12-23-17-8-3-2-7-16(17)22(21(23)26)11-5-10-19(24)25/h2-4,6-9,15H,5,10-13H2,1H3,(H,24,25). The smallest absolute Gasteiger partial charge is 0.329 e. The molecule has 0 spiro atoms. The van der Waals surface area contributed by atoms with Crippen LogP contribution in [0.25, 0.3) is 11.0 Å². The van der Waals surface area contributed by atoms with Crippen molar-refractivity contribution >= 4 is 28.8 Å². The zero-order chi connectivity index (χ0) is 19.0. The second-order valence-corrected chi connectivity index (χ2v) is 8.09. The summed E-state index contributed by atoms with van der Waals surface area (Å²) in [6.45, 7) is 3.21. The Labute approximate surface area is 161 Å². The number of aryl methyl sites for hydroxylation is 2. The predicted molar refractivity (Wildman–Crippen MR) is 108 cm³/mol. The van der Waals surface area contributed by atoms with Crippen LogP contribution in [0.3, 0.4) is 0 Å². The third-order valence-electron chi connectivity index (χ3n) is 5.23. The number of nitrogens with zero attached hydrogens (tertiary/aromatic N) is 2. The molecule has 5 nitrogen and oxygen atoms in total. The molecule has 0 aliphatic carbocycles. The number of rotatable bonds is 6. The molecule has 0 amide bonds. The largest absolute Gasteiger partial charge is 0.481 e. The van der Waals surface area contributed by atoms with Crippen molar-refractivity contribution in [2.45, 2.75) is 43.7 Å². The zero-order valence-corrected chi connectivity index (χ0v) is 16.0. The maximum absolute atomic E-state index is 13.1. The number of carboxylic acids is 1. The summed E-state index contributed by atoms with van der Waals surface area (Å²) >= 11 is 1.86. The van der Waals surface area contributed by atoms with Crippen molar-refractivity contribution in [3.05, 3.63) is 64.1 Å². The fraction of sp³-hybridized carbons (Fsp3) is 0.333. The van der Waals surface area contributed by atoms with E-state index in [1.807, 2.05) is 40.6 Å². The summed E-state index contributed by atoms with van der Waals surface area (Å²) in [5.74, 6) is 0.453. The molecule has 0 bridgehead atoms. The molecule has 2 aromatic carbocycles. The number of para-hydroxylation sites is 2. The Balaban J connectivity index is 1.70. The van der Waals surface area contributed by atoms with E-state index in [4.69, 9.17) is 5.11 Å². The van der Waals surface area contributed by atoms with E-state index in [1.165, 1.54) is 16.0 Å². The topological polar surface area (TPSA) is 64.2 Å². The quantitative estimate of drug-likeness (QED) is 0.703. The van der Waals surface area contributed by atoms with Gasteiger partial charge in [-0.05, 0) is 42.7 Å². The summed E-state index contributed by atoms with van der Waals surface area (Å²) in [5, 5.41) is 8.89. The van der Waals surface area contributed by atoms with Crippen molar-refractivity contribution in [1.82, 2.24) is 9.13 Å². The number of benzene rings is 2. The highest BCUT2D eigenvalue weighted by molar-refractivity contribution is 7.99. The van der Waals surface area contributed by atoms with E-state index in [1.54, 1.807) is 4.57 Å². The molecule has 1 aromatic heterocycles. The summed E-state index contributed by atoms with van der Waals surface area (Å²) in [4.78, 5) is 25.3. The maximum atomic E-state index is 13.1. The Kier molecular flexibility index (Phi) is 4.83. The number of carboxylic acid groups (broad SMARTS) is 1. The monoisotopic (exact) mass is 382 g/mol. The number of hydrogen-bond donors (Lipinski definition) is 1. The van der Waals surface area contributed by atoms with Crippen LogP contribution >= 0.6 is 11.8 Å².